The Morgan fingerprint density at radius 1 is 0.611 bits per heavy atom. The third kappa shape index (κ3) is 21.9. The lowest BCUT2D eigenvalue weighted by atomic mass is 9.95. The average molecular weight is 1020 g/mol. The van der Waals surface area contributed by atoms with Crippen molar-refractivity contribution in [3.05, 3.63) is 83.9 Å². The molecule has 72 heavy (non-hydrogen) atoms. The predicted octanol–water partition coefficient (Wildman–Crippen LogP) is 7.17. The van der Waals surface area contributed by atoms with Crippen LogP contribution in [0.5, 0.6) is 23.5 Å². The third-order valence-corrected chi connectivity index (χ3v) is 10.5. The van der Waals surface area contributed by atoms with Gasteiger partial charge >= 0.3 is 48.6 Å². The zero-order valence-corrected chi connectivity index (χ0v) is 39.0. The van der Waals surface area contributed by atoms with E-state index in [0.717, 1.165) is 49.9 Å². The Morgan fingerprint density at radius 2 is 0.972 bits per heavy atom. The molecular weight excluding hydrogens is 971 g/mol. The quantitative estimate of drug-likeness (QED) is 0.0378. The molecule has 6 rings (SSSR count). The molecular formula is C46H54F6N8O12. The number of hydrogen-bond acceptors (Lipinski definition) is 16. The molecule has 6 N–H and O–H groups in total. The minimum Gasteiger partial charge on any atom is -0.481 e. The van der Waals surface area contributed by atoms with Crippen LogP contribution in [0.25, 0.3) is 0 Å². The van der Waals surface area contributed by atoms with Crippen molar-refractivity contribution in [1.82, 2.24) is 19.9 Å². The summed E-state index contributed by atoms with van der Waals surface area (Å²) in [6.07, 6.45) is -3.48. The number of rotatable bonds is 20. The van der Waals surface area contributed by atoms with Gasteiger partial charge in [-0.15, -0.1) is 26.3 Å². The number of carboxylic acids is 4. The standard InChI is InChI=1S/2C21H25F3N4O4.C4H4O4/c2*1-31-20-26-17(12-18(27-20)28-10-2-3-15(13-28)11-19(29)30)25-9-8-14-4-6-16(7-5-14)32-21(22,23)24;5-3(6)1-2-4(7)8/h2*4-7,12,15H,2-3,8-11,13H2,1H3,(H,29,30)(H,25,26,27);1-2H,(H,5,6)(H,7,8)/b;;2-1+. The molecule has 4 aromatic rings. The lowest BCUT2D eigenvalue weighted by molar-refractivity contribution is -0.275. The fraction of sp³-hybridized carbons (Fsp3) is 0.435. The Morgan fingerprint density at radius 3 is 1.28 bits per heavy atom. The topological polar surface area (TPSA) is 268 Å². The molecule has 2 fully saturated rings. The molecule has 0 saturated carbocycles. The van der Waals surface area contributed by atoms with Gasteiger partial charge in [0.25, 0.3) is 0 Å². The summed E-state index contributed by atoms with van der Waals surface area (Å²) in [4.78, 5) is 62.6. The summed E-state index contributed by atoms with van der Waals surface area (Å²) in [5.74, 6) is -2.13. The minimum absolute atomic E-state index is 0.0583. The lowest BCUT2D eigenvalue weighted by Gasteiger charge is -2.33. The molecule has 0 aliphatic carbocycles. The van der Waals surface area contributed by atoms with Crippen LogP contribution in [-0.2, 0) is 32.0 Å². The van der Waals surface area contributed by atoms with Crippen molar-refractivity contribution in [3.8, 4) is 23.5 Å². The summed E-state index contributed by atoms with van der Waals surface area (Å²) in [7, 11) is 2.94. The monoisotopic (exact) mass is 1020 g/mol. The van der Waals surface area contributed by atoms with Gasteiger partial charge in [0.15, 0.2) is 0 Å². The zero-order valence-electron chi connectivity index (χ0n) is 39.0. The molecule has 2 unspecified atom stereocenters. The van der Waals surface area contributed by atoms with Gasteiger partial charge in [-0.2, -0.15) is 19.9 Å². The molecule has 2 aliphatic heterocycles. The Hall–Kier alpha value is -7.80. The summed E-state index contributed by atoms with van der Waals surface area (Å²) >= 11 is 0. The Bertz CT molecular complexity index is 2250. The van der Waals surface area contributed by atoms with E-state index in [4.69, 9.17) is 29.9 Å². The van der Waals surface area contributed by atoms with Crippen LogP contribution in [0, 0.1) is 11.8 Å². The van der Waals surface area contributed by atoms with Crippen LogP contribution in [0.15, 0.2) is 72.8 Å². The van der Waals surface area contributed by atoms with Crippen LogP contribution < -0.4 is 39.4 Å². The van der Waals surface area contributed by atoms with Gasteiger partial charge in [-0.3, -0.25) is 9.59 Å². The first kappa shape index (κ1) is 56.8. The second kappa shape index (κ2) is 27.6. The van der Waals surface area contributed by atoms with E-state index in [2.05, 4.69) is 40.0 Å². The first-order valence-electron chi connectivity index (χ1n) is 22.2. The maximum Gasteiger partial charge on any atom is 0.573 e. The largest absolute Gasteiger partial charge is 0.573 e. The molecule has 4 heterocycles. The van der Waals surface area contributed by atoms with Gasteiger partial charge < -0.3 is 59.8 Å². The summed E-state index contributed by atoms with van der Waals surface area (Å²) in [5, 5.41) is 40.1. The van der Waals surface area contributed by atoms with E-state index in [9.17, 15) is 45.5 Å². The number of alkyl halides is 6. The van der Waals surface area contributed by atoms with Crippen LogP contribution in [0.3, 0.4) is 0 Å². The maximum absolute atomic E-state index is 12.3. The van der Waals surface area contributed by atoms with Gasteiger partial charge in [0.1, 0.15) is 34.8 Å². The van der Waals surface area contributed by atoms with Gasteiger partial charge in [0, 0.05) is 76.4 Å². The van der Waals surface area contributed by atoms with Gasteiger partial charge in [0.2, 0.25) is 0 Å². The summed E-state index contributed by atoms with van der Waals surface area (Å²) < 4.78 is 91.7. The van der Waals surface area contributed by atoms with E-state index < -0.39 is 36.6 Å². The van der Waals surface area contributed by atoms with Crippen molar-refractivity contribution in [1.29, 1.82) is 0 Å². The highest BCUT2D eigenvalue weighted by atomic mass is 19.4. The van der Waals surface area contributed by atoms with Crippen molar-refractivity contribution in [3.63, 3.8) is 0 Å². The number of carboxylic acid groups (broad SMARTS) is 4. The van der Waals surface area contributed by atoms with E-state index in [1.807, 2.05) is 9.80 Å². The number of carbonyl (C=O) groups is 4. The molecule has 392 valence electrons. The van der Waals surface area contributed by atoms with Crippen LogP contribution in [0.4, 0.5) is 49.6 Å². The number of halogens is 6. The van der Waals surface area contributed by atoms with Crippen molar-refractivity contribution in [2.75, 3.05) is 73.9 Å². The molecule has 2 saturated heterocycles. The zero-order chi connectivity index (χ0) is 52.8. The first-order valence-corrected chi connectivity index (χ1v) is 22.2. The first-order chi connectivity index (χ1) is 34.1. The summed E-state index contributed by atoms with van der Waals surface area (Å²) in [6.45, 7) is 3.70. The SMILES string of the molecule is COc1nc(NCCc2ccc(OC(F)(F)F)cc2)cc(N2CCCC(CC(=O)O)C2)n1.COc1nc(NCCc2ccc(OC(F)(F)F)cc2)cc(N2CCCC(CC(=O)O)C2)n1.O=C(O)/C=C/C(=O)O. The molecule has 0 spiro atoms. The summed E-state index contributed by atoms with van der Waals surface area (Å²) in [6, 6.07) is 15.4. The number of benzene rings is 2. The van der Waals surface area contributed by atoms with E-state index >= 15 is 0 Å². The molecule has 2 aromatic carbocycles. The molecule has 2 aliphatic rings. The Kier molecular flexibility index (Phi) is 21.7. The average Bonchev–Trinajstić information content (AvgIpc) is 3.31. The van der Waals surface area contributed by atoms with Crippen molar-refractivity contribution >= 4 is 47.1 Å². The van der Waals surface area contributed by atoms with E-state index in [0.29, 0.717) is 74.4 Å². The summed E-state index contributed by atoms with van der Waals surface area (Å²) in [5.41, 5.74) is 1.67. The predicted molar refractivity (Wildman–Crippen MR) is 247 cm³/mol. The van der Waals surface area contributed by atoms with Crippen LogP contribution in [0.2, 0.25) is 0 Å². The second-order valence-electron chi connectivity index (χ2n) is 16.0. The van der Waals surface area contributed by atoms with Gasteiger partial charge in [0.05, 0.1) is 14.2 Å². The van der Waals surface area contributed by atoms with Crippen molar-refractivity contribution < 1.29 is 84.9 Å². The molecule has 0 bridgehead atoms. The van der Waals surface area contributed by atoms with Crippen molar-refractivity contribution in [2.45, 2.75) is 64.1 Å². The molecule has 20 nitrogen and oxygen atoms in total. The van der Waals surface area contributed by atoms with E-state index in [1.165, 1.54) is 38.5 Å². The number of aliphatic carboxylic acids is 4. The molecule has 0 amide bonds. The van der Waals surface area contributed by atoms with E-state index in [1.54, 1.807) is 36.4 Å². The second-order valence-corrected chi connectivity index (χ2v) is 16.0. The number of nitrogens with one attached hydrogen (secondary N) is 2. The van der Waals surface area contributed by atoms with Crippen LogP contribution >= 0.6 is 0 Å². The van der Waals surface area contributed by atoms with Gasteiger partial charge in [-0.05, 0) is 85.8 Å². The fourth-order valence-corrected chi connectivity index (χ4v) is 7.41. The van der Waals surface area contributed by atoms with Gasteiger partial charge in [-0.1, -0.05) is 24.3 Å². The maximum atomic E-state index is 12.3. The number of piperidine rings is 2. The molecule has 0 radical (unpaired) electrons. The highest BCUT2D eigenvalue weighted by molar-refractivity contribution is 5.89. The number of hydrogen-bond donors (Lipinski definition) is 6. The number of methoxy groups -OCH3 is 2. The normalized spacial score (nSPS) is 15.7. The fourth-order valence-electron chi connectivity index (χ4n) is 7.41. The van der Waals surface area contributed by atoms with Crippen molar-refractivity contribution in [2.24, 2.45) is 11.8 Å². The Labute approximate surface area is 408 Å². The molecule has 2 aromatic heterocycles. The van der Waals surface area contributed by atoms with Crippen LogP contribution in [0.1, 0.15) is 49.7 Å². The molecule has 26 heteroatoms. The number of nitrogens with zero attached hydrogens (tertiary/aromatic N) is 6. The number of aromatic nitrogens is 4. The number of anilines is 4. The van der Waals surface area contributed by atoms with Gasteiger partial charge in [-0.25, -0.2) is 9.59 Å². The molecule has 2 atom stereocenters. The van der Waals surface area contributed by atoms with E-state index in [-0.39, 0.29) is 48.2 Å². The Balaban J connectivity index is 0.000000271. The smallest absolute Gasteiger partial charge is 0.481 e. The highest BCUT2D eigenvalue weighted by Crippen LogP contribution is 2.29. The third-order valence-electron chi connectivity index (χ3n) is 10.5. The lowest BCUT2D eigenvalue weighted by Crippen LogP contribution is -2.37. The minimum atomic E-state index is -4.71. The highest BCUT2D eigenvalue weighted by Gasteiger charge is 2.32. The van der Waals surface area contributed by atoms with Crippen LogP contribution in [-0.4, -0.2) is 130 Å². The number of ether oxygens (including phenoxy) is 4.